The monoisotopic (exact) mass is 290 g/mol. The van der Waals surface area contributed by atoms with Crippen molar-refractivity contribution in [3.05, 3.63) is 30.1 Å². The SMILES string of the molecule is CNC(C)CNC(=O)C(C)Oc1cccc(F)c1.Cl. The number of amides is 1. The Morgan fingerprint density at radius 2 is 2.11 bits per heavy atom. The first-order valence-corrected chi connectivity index (χ1v) is 5.90. The molecule has 6 heteroatoms. The molecule has 0 aliphatic heterocycles. The summed E-state index contributed by atoms with van der Waals surface area (Å²) in [6.45, 7) is 4.11. The summed E-state index contributed by atoms with van der Waals surface area (Å²) in [6, 6.07) is 5.92. The third-order valence-corrected chi connectivity index (χ3v) is 2.55. The van der Waals surface area contributed by atoms with E-state index in [0.29, 0.717) is 12.3 Å². The van der Waals surface area contributed by atoms with E-state index in [0.717, 1.165) is 0 Å². The van der Waals surface area contributed by atoms with Crippen LogP contribution in [0.5, 0.6) is 5.75 Å². The summed E-state index contributed by atoms with van der Waals surface area (Å²) >= 11 is 0. The molecular weight excluding hydrogens is 271 g/mol. The number of nitrogens with one attached hydrogen (secondary N) is 2. The van der Waals surface area contributed by atoms with Crippen molar-refractivity contribution in [2.45, 2.75) is 26.0 Å². The van der Waals surface area contributed by atoms with E-state index in [4.69, 9.17) is 4.74 Å². The lowest BCUT2D eigenvalue weighted by molar-refractivity contribution is -0.127. The highest BCUT2D eigenvalue weighted by atomic mass is 35.5. The standard InChI is InChI=1S/C13H19FN2O2.ClH/c1-9(15-3)8-16-13(17)10(2)18-12-6-4-5-11(14)7-12;/h4-7,9-10,15H,8H2,1-3H3,(H,16,17);1H. The van der Waals surface area contributed by atoms with Crippen molar-refractivity contribution in [1.82, 2.24) is 10.6 Å². The van der Waals surface area contributed by atoms with Crippen molar-refractivity contribution >= 4 is 18.3 Å². The van der Waals surface area contributed by atoms with Gasteiger partial charge in [-0.1, -0.05) is 6.07 Å². The molecule has 2 atom stereocenters. The first-order valence-electron chi connectivity index (χ1n) is 5.90. The summed E-state index contributed by atoms with van der Waals surface area (Å²) in [4.78, 5) is 11.7. The van der Waals surface area contributed by atoms with Crippen LogP contribution in [-0.2, 0) is 4.79 Å². The fraction of sp³-hybridized carbons (Fsp3) is 0.462. The Kier molecular flexibility index (Phi) is 8.11. The molecule has 0 saturated carbocycles. The summed E-state index contributed by atoms with van der Waals surface area (Å²) in [5.41, 5.74) is 0. The van der Waals surface area contributed by atoms with E-state index < -0.39 is 6.10 Å². The maximum absolute atomic E-state index is 12.9. The van der Waals surface area contributed by atoms with E-state index in [2.05, 4.69) is 10.6 Å². The highest BCUT2D eigenvalue weighted by Crippen LogP contribution is 2.13. The van der Waals surface area contributed by atoms with Gasteiger partial charge in [0.15, 0.2) is 6.10 Å². The van der Waals surface area contributed by atoms with Crippen LogP contribution in [0.3, 0.4) is 0 Å². The molecular formula is C13H20ClFN2O2. The number of hydrogen-bond donors (Lipinski definition) is 2. The molecule has 0 fully saturated rings. The van der Waals surface area contributed by atoms with Crippen LogP contribution in [0.2, 0.25) is 0 Å². The van der Waals surface area contributed by atoms with Crippen LogP contribution < -0.4 is 15.4 Å². The van der Waals surface area contributed by atoms with Crippen LogP contribution >= 0.6 is 12.4 Å². The summed E-state index contributed by atoms with van der Waals surface area (Å²) in [6.07, 6.45) is -0.657. The van der Waals surface area contributed by atoms with Gasteiger partial charge in [0.1, 0.15) is 11.6 Å². The van der Waals surface area contributed by atoms with Gasteiger partial charge in [0.25, 0.3) is 5.91 Å². The second kappa shape index (κ2) is 8.72. The zero-order valence-corrected chi connectivity index (χ0v) is 12.1. The van der Waals surface area contributed by atoms with Crippen molar-refractivity contribution in [1.29, 1.82) is 0 Å². The van der Waals surface area contributed by atoms with E-state index in [1.165, 1.54) is 12.1 Å². The smallest absolute Gasteiger partial charge is 0.260 e. The maximum atomic E-state index is 12.9. The molecule has 108 valence electrons. The predicted molar refractivity (Wildman–Crippen MR) is 75.3 cm³/mol. The van der Waals surface area contributed by atoms with Crippen LogP contribution in [0, 0.1) is 5.82 Å². The quantitative estimate of drug-likeness (QED) is 0.839. The summed E-state index contributed by atoms with van der Waals surface area (Å²) in [5, 5.41) is 5.76. The number of carbonyl (C=O) groups is 1. The minimum absolute atomic E-state index is 0. The second-order valence-electron chi connectivity index (χ2n) is 4.15. The lowest BCUT2D eigenvalue weighted by Crippen LogP contribution is -2.42. The van der Waals surface area contributed by atoms with Crippen LogP contribution in [-0.4, -0.2) is 31.6 Å². The van der Waals surface area contributed by atoms with Gasteiger partial charge < -0.3 is 15.4 Å². The molecule has 2 unspecified atom stereocenters. The molecule has 19 heavy (non-hydrogen) atoms. The van der Waals surface area contributed by atoms with Crippen molar-refractivity contribution in [3.8, 4) is 5.75 Å². The Hall–Kier alpha value is -1.33. The van der Waals surface area contributed by atoms with Gasteiger partial charge in [-0.15, -0.1) is 12.4 Å². The Morgan fingerprint density at radius 1 is 1.42 bits per heavy atom. The van der Waals surface area contributed by atoms with E-state index in [1.54, 1.807) is 19.1 Å². The molecule has 0 aliphatic carbocycles. The first-order chi connectivity index (χ1) is 8.52. The van der Waals surface area contributed by atoms with Crippen molar-refractivity contribution in [2.75, 3.05) is 13.6 Å². The third-order valence-electron chi connectivity index (χ3n) is 2.55. The molecule has 0 spiro atoms. The zero-order chi connectivity index (χ0) is 13.5. The van der Waals surface area contributed by atoms with Crippen LogP contribution in [0.1, 0.15) is 13.8 Å². The van der Waals surface area contributed by atoms with E-state index in [9.17, 15) is 9.18 Å². The third kappa shape index (κ3) is 6.40. The Morgan fingerprint density at radius 3 is 2.68 bits per heavy atom. The van der Waals surface area contributed by atoms with Crippen LogP contribution in [0.4, 0.5) is 4.39 Å². The molecule has 0 heterocycles. The van der Waals surface area contributed by atoms with Crippen LogP contribution in [0.15, 0.2) is 24.3 Å². The molecule has 1 amide bonds. The molecule has 0 radical (unpaired) electrons. The molecule has 2 N–H and O–H groups in total. The number of rotatable bonds is 6. The summed E-state index contributed by atoms with van der Waals surface area (Å²) in [7, 11) is 1.82. The minimum atomic E-state index is -0.657. The lowest BCUT2D eigenvalue weighted by atomic mass is 10.3. The number of carbonyl (C=O) groups excluding carboxylic acids is 1. The lowest BCUT2D eigenvalue weighted by Gasteiger charge is -2.16. The second-order valence-corrected chi connectivity index (χ2v) is 4.15. The van der Waals surface area contributed by atoms with Crippen molar-refractivity contribution < 1.29 is 13.9 Å². The van der Waals surface area contributed by atoms with Gasteiger partial charge in [-0.05, 0) is 33.0 Å². The Bertz CT molecular complexity index is 404. The fourth-order valence-electron chi connectivity index (χ4n) is 1.30. The molecule has 1 aromatic rings. The average Bonchev–Trinajstić information content (AvgIpc) is 2.35. The number of hydrogen-bond acceptors (Lipinski definition) is 3. The zero-order valence-electron chi connectivity index (χ0n) is 11.3. The number of ether oxygens (including phenoxy) is 1. The number of likely N-dealkylation sites (N-methyl/N-ethyl adjacent to an activating group) is 1. The number of halogens is 2. The molecule has 0 bridgehead atoms. The molecule has 1 aromatic carbocycles. The largest absolute Gasteiger partial charge is 0.481 e. The fourth-order valence-corrected chi connectivity index (χ4v) is 1.30. The molecule has 1 rings (SSSR count). The van der Waals surface area contributed by atoms with Crippen LogP contribution in [0.25, 0.3) is 0 Å². The Labute approximate surface area is 119 Å². The predicted octanol–water partition coefficient (Wildman–Crippen LogP) is 1.74. The minimum Gasteiger partial charge on any atom is -0.481 e. The topological polar surface area (TPSA) is 50.4 Å². The highest BCUT2D eigenvalue weighted by Gasteiger charge is 2.15. The Balaban J connectivity index is 0.00000324. The van der Waals surface area contributed by atoms with E-state index in [-0.39, 0.29) is 30.2 Å². The van der Waals surface area contributed by atoms with Gasteiger partial charge in [0.05, 0.1) is 0 Å². The van der Waals surface area contributed by atoms with E-state index in [1.807, 2.05) is 14.0 Å². The molecule has 0 aliphatic rings. The summed E-state index contributed by atoms with van der Waals surface area (Å²) < 4.78 is 18.3. The van der Waals surface area contributed by atoms with Gasteiger partial charge in [-0.2, -0.15) is 0 Å². The van der Waals surface area contributed by atoms with Gasteiger partial charge in [0.2, 0.25) is 0 Å². The van der Waals surface area contributed by atoms with Gasteiger partial charge >= 0.3 is 0 Å². The normalized spacial score (nSPS) is 13.1. The summed E-state index contributed by atoms with van der Waals surface area (Å²) in [5.74, 6) is -0.260. The average molecular weight is 291 g/mol. The molecule has 0 aromatic heterocycles. The van der Waals surface area contributed by atoms with Crippen molar-refractivity contribution in [2.24, 2.45) is 0 Å². The van der Waals surface area contributed by atoms with Gasteiger partial charge in [0, 0.05) is 18.7 Å². The first kappa shape index (κ1) is 17.7. The van der Waals surface area contributed by atoms with Crippen molar-refractivity contribution in [3.63, 3.8) is 0 Å². The molecule has 4 nitrogen and oxygen atoms in total. The number of benzene rings is 1. The van der Waals surface area contributed by atoms with Gasteiger partial charge in [-0.3, -0.25) is 4.79 Å². The molecule has 0 saturated heterocycles. The van der Waals surface area contributed by atoms with E-state index >= 15 is 0 Å². The highest BCUT2D eigenvalue weighted by molar-refractivity contribution is 5.85. The maximum Gasteiger partial charge on any atom is 0.260 e. The van der Waals surface area contributed by atoms with Gasteiger partial charge in [-0.25, -0.2) is 4.39 Å².